The summed E-state index contributed by atoms with van der Waals surface area (Å²) < 4.78 is 11.6. The van der Waals surface area contributed by atoms with Gasteiger partial charge >= 0.3 is 0 Å². The fourth-order valence-corrected chi connectivity index (χ4v) is 5.07. The second-order valence-corrected chi connectivity index (χ2v) is 9.93. The summed E-state index contributed by atoms with van der Waals surface area (Å²) in [6.45, 7) is 8.73. The highest BCUT2D eigenvalue weighted by molar-refractivity contribution is 6.37. The Labute approximate surface area is 241 Å². The minimum atomic E-state index is -0.211. The van der Waals surface area contributed by atoms with E-state index in [2.05, 4.69) is 20.9 Å². The highest BCUT2D eigenvalue weighted by Gasteiger charge is 2.30. The predicted octanol–water partition coefficient (Wildman–Crippen LogP) is 4.28. The molecule has 5 rings (SSSR count). The zero-order valence-electron chi connectivity index (χ0n) is 23.8. The van der Waals surface area contributed by atoms with Gasteiger partial charge in [0.25, 0.3) is 5.91 Å². The maximum Gasteiger partial charge on any atom is 0.258 e. The topological polar surface area (TPSA) is 95.2 Å². The molecule has 0 bridgehead atoms. The van der Waals surface area contributed by atoms with Crippen molar-refractivity contribution in [2.75, 3.05) is 68.5 Å². The van der Waals surface area contributed by atoms with Gasteiger partial charge in [0.15, 0.2) is 11.5 Å². The van der Waals surface area contributed by atoms with Gasteiger partial charge in [0.05, 0.1) is 36.7 Å². The first-order chi connectivity index (χ1) is 20.0. The van der Waals surface area contributed by atoms with Gasteiger partial charge in [-0.25, -0.2) is 0 Å². The average Bonchev–Trinajstić information content (AvgIpc) is 3.31. The number of nitrogens with one attached hydrogen (secondary N) is 3. The van der Waals surface area contributed by atoms with E-state index in [1.807, 2.05) is 80.6 Å². The Balaban J connectivity index is 1.45. The van der Waals surface area contributed by atoms with E-state index in [1.165, 1.54) is 0 Å². The van der Waals surface area contributed by atoms with Crippen LogP contribution in [0.4, 0.5) is 17.1 Å². The van der Waals surface area contributed by atoms with Gasteiger partial charge in [-0.3, -0.25) is 14.5 Å². The smallest absolute Gasteiger partial charge is 0.258 e. The minimum Gasteiger partial charge on any atom is -0.490 e. The van der Waals surface area contributed by atoms with E-state index in [1.54, 1.807) is 11.9 Å². The Morgan fingerprint density at radius 2 is 1.61 bits per heavy atom. The van der Waals surface area contributed by atoms with Gasteiger partial charge in [-0.15, -0.1) is 0 Å². The van der Waals surface area contributed by atoms with E-state index >= 15 is 0 Å². The van der Waals surface area contributed by atoms with Gasteiger partial charge in [-0.05, 0) is 49.7 Å². The molecule has 2 heterocycles. The van der Waals surface area contributed by atoms with Crippen LogP contribution in [0.1, 0.15) is 25.0 Å². The molecular weight excluding hydrogens is 518 g/mol. The highest BCUT2D eigenvalue weighted by atomic mass is 16.5. The lowest BCUT2D eigenvalue weighted by Gasteiger charge is -2.28. The minimum absolute atomic E-state index is 0.0514. The first kappa shape index (κ1) is 28.2. The standard InChI is InChI=1S/C32H37N5O4/c1-4-40-27-19-25-26(20-28(27)41-5-2)35-32(39)30(25)31(22-9-7-6-8-10-22)34-23-11-13-24(14-12-23)36(3)29(38)21-37-17-15-33-16-18-37/h6-14,19-20,33-34H,4-5,15-18,21H2,1-3H3,(H,35,39)/b31-30-. The fraction of sp³-hybridized carbons (Fsp3) is 0.312. The van der Waals surface area contributed by atoms with Crippen molar-refractivity contribution in [2.45, 2.75) is 13.8 Å². The van der Waals surface area contributed by atoms with Crippen molar-refractivity contribution < 1.29 is 19.1 Å². The van der Waals surface area contributed by atoms with Gasteiger partial charge < -0.3 is 30.3 Å². The molecular formula is C32H37N5O4. The number of carbonyl (C=O) groups excluding carboxylic acids is 2. The monoisotopic (exact) mass is 555 g/mol. The molecule has 0 aromatic heterocycles. The van der Waals surface area contributed by atoms with Crippen molar-refractivity contribution in [2.24, 2.45) is 0 Å². The van der Waals surface area contributed by atoms with Crippen molar-refractivity contribution >= 4 is 40.1 Å². The summed E-state index contributed by atoms with van der Waals surface area (Å²) in [4.78, 5) is 30.2. The van der Waals surface area contributed by atoms with Crippen LogP contribution >= 0.6 is 0 Å². The molecule has 0 atom stereocenters. The number of anilines is 3. The first-order valence-electron chi connectivity index (χ1n) is 14.1. The molecule has 3 aromatic carbocycles. The average molecular weight is 556 g/mol. The SMILES string of the molecule is CCOc1cc2c(cc1OCC)/C(=C(/Nc1ccc(N(C)C(=O)CN3CCNCC3)cc1)c1ccccc1)C(=O)N2. The number of hydrogen-bond acceptors (Lipinski definition) is 7. The van der Waals surface area contributed by atoms with E-state index in [-0.39, 0.29) is 11.8 Å². The van der Waals surface area contributed by atoms with Crippen LogP contribution in [0, 0.1) is 0 Å². The number of likely N-dealkylation sites (N-methyl/N-ethyl adjacent to an activating group) is 1. The van der Waals surface area contributed by atoms with E-state index in [9.17, 15) is 9.59 Å². The zero-order valence-corrected chi connectivity index (χ0v) is 23.8. The van der Waals surface area contributed by atoms with E-state index < -0.39 is 0 Å². The van der Waals surface area contributed by atoms with Crippen molar-refractivity contribution in [3.05, 3.63) is 77.9 Å². The van der Waals surface area contributed by atoms with Crippen molar-refractivity contribution in [3.8, 4) is 11.5 Å². The van der Waals surface area contributed by atoms with Crippen LogP contribution in [0.25, 0.3) is 11.3 Å². The molecule has 0 unspecified atom stereocenters. The van der Waals surface area contributed by atoms with Crippen LogP contribution in [-0.2, 0) is 9.59 Å². The molecule has 214 valence electrons. The third kappa shape index (κ3) is 6.37. The Hall–Kier alpha value is -4.34. The molecule has 3 N–H and O–H groups in total. The molecule has 0 radical (unpaired) electrons. The number of benzene rings is 3. The molecule has 0 aliphatic carbocycles. The number of nitrogens with zero attached hydrogens (tertiary/aromatic N) is 2. The lowest BCUT2D eigenvalue weighted by molar-refractivity contribution is -0.119. The zero-order chi connectivity index (χ0) is 28.8. The summed E-state index contributed by atoms with van der Waals surface area (Å²) >= 11 is 0. The number of rotatable bonds is 10. The maximum absolute atomic E-state index is 13.4. The number of piperazine rings is 1. The third-order valence-electron chi connectivity index (χ3n) is 7.21. The second-order valence-electron chi connectivity index (χ2n) is 9.93. The van der Waals surface area contributed by atoms with Crippen LogP contribution < -0.4 is 30.3 Å². The third-order valence-corrected chi connectivity index (χ3v) is 7.21. The summed E-state index contributed by atoms with van der Waals surface area (Å²) in [5.74, 6) is 1.02. The Kier molecular flexibility index (Phi) is 8.86. The molecule has 0 spiro atoms. The molecule has 2 amide bonds. The highest BCUT2D eigenvalue weighted by Crippen LogP contribution is 2.43. The number of hydrogen-bond donors (Lipinski definition) is 3. The second kappa shape index (κ2) is 12.9. The molecule has 2 aliphatic rings. The lowest BCUT2D eigenvalue weighted by atomic mass is 9.99. The molecule has 41 heavy (non-hydrogen) atoms. The van der Waals surface area contributed by atoms with Crippen molar-refractivity contribution in [1.29, 1.82) is 0 Å². The van der Waals surface area contributed by atoms with Crippen LogP contribution in [0.2, 0.25) is 0 Å². The number of carbonyl (C=O) groups is 2. The maximum atomic E-state index is 13.4. The fourth-order valence-electron chi connectivity index (χ4n) is 5.07. The van der Waals surface area contributed by atoms with Crippen molar-refractivity contribution in [1.82, 2.24) is 10.2 Å². The molecule has 3 aromatic rings. The van der Waals surface area contributed by atoms with Gasteiger partial charge in [0.1, 0.15) is 0 Å². The largest absolute Gasteiger partial charge is 0.490 e. The van der Waals surface area contributed by atoms with E-state index in [0.717, 1.165) is 48.7 Å². The normalized spacial score (nSPS) is 16.0. The van der Waals surface area contributed by atoms with Gasteiger partial charge in [-0.1, -0.05) is 30.3 Å². The Bertz CT molecular complexity index is 1420. The van der Waals surface area contributed by atoms with Crippen molar-refractivity contribution in [3.63, 3.8) is 0 Å². The number of ether oxygens (including phenoxy) is 2. The summed E-state index contributed by atoms with van der Waals surface area (Å²) in [6.07, 6.45) is 0. The summed E-state index contributed by atoms with van der Waals surface area (Å²) in [5.41, 5.74) is 5.06. The van der Waals surface area contributed by atoms with Gasteiger partial charge in [0, 0.05) is 56.2 Å². The molecule has 9 heteroatoms. The lowest BCUT2D eigenvalue weighted by Crippen LogP contribution is -2.47. The summed E-state index contributed by atoms with van der Waals surface area (Å²) in [7, 11) is 1.80. The van der Waals surface area contributed by atoms with Crippen LogP contribution in [-0.4, -0.2) is 69.7 Å². The first-order valence-corrected chi connectivity index (χ1v) is 14.1. The molecule has 2 aliphatic heterocycles. The molecule has 1 saturated heterocycles. The van der Waals surface area contributed by atoms with E-state index in [0.29, 0.717) is 48.2 Å². The quantitative estimate of drug-likeness (QED) is 0.322. The van der Waals surface area contributed by atoms with Gasteiger partial charge in [-0.2, -0.15) is 0 Å². The number of amides is 2. The molecule has 0 saturated carbocycles. The van der Waals surface area contributed by atoms with E-state index in [4.69, 9.17) is 9.47 Å². The predicted molar refractivity (Wildman–Crippen MR) is 163 cm³/mol. The van der Waals surface area contributed by atoms with Crippen LogP contribution in [0.3, 0.4) is 0 Å². The number of fused-ring (bicyclic) bond motifs is 1. The Morgan fingerprint density at radius 3 is 2.27 bits per heavy atom. The van der Waals surface area contributed by atoms with Crippen LogP contribution in [0.15, 0.2) is 66.7 Å². The Morgan fingerprint density at radius 1 is 0.951 bits per heavy atom. The van der Waals surface area contributed by atoms with Crippen LogP contribution in [0.5, 0.6) is 11.5 Å². The summed E-state index contributed by atoms with van der Waals surface area (Å²) in [5, 5.41) is 9.80. The molecule has 1 fully saturated rings. The molecule has 9 nitrogen and oxygen atoms in total. The summed E-state index contributed by atoms with van der Waals surface area (Å²) in [6, 6.07) is 21.1. The van der Waals surface area contributed by atoms with Gasteiger partial charge in [0.2, 0.25) is 5.91 Å².